The number of nitrogens with one attached hydrogen (secondary N) is 1. The normalized spacial score (nSPS) is 12.7. The third-order valence-electron chi connectivity index (χ3n) is 6.22. The number of amides is 1. The highest BCUT2D eigenvalue weighted by Crippen LogP contribution is 2.25. The summed E-state index contributed by atoms with van der Waals surface area (Å²) < 4.78 is 6.79. The van der Waals surface area contributed by atoms with E-state index in [9.17, 15) is 9.59 Å². The molecule has 1 N–H and O–H groups in total. The number of benzene rings is 2. The van der Waals surface area contributed by atoms with Crippen molar-refractivity contribution in [2.24, 2.45) is 0 Å². The molecule has 10 heteroatoms. The Kier molecular flexibility index (Phi) is 7.12. The van der Waals surface area contributed by atoms with Gasteiger partial charge in [0.15, 0.2) is 0 Å². The number of pyridine rings is 1. The number of hydrogen-bond acceptors (Lipinski definition) is 6. The van der Waals surface area contributed by atoms with Crippen molar-refractivity contribution in [3.05, 3.63) is 110 Å². The maximum Gasteiger partial charge on any atom is 0.263 e. The molecule has 1 aliphatic heterocycles. The van der Waals surface area contributed by atoms with Gasteiger partial charge in [0.25, 0.3) is 11.5 Å². The molecule has 4 aromatic rings. The average Bonchev–Trinajstić information content (AvgIpc) is 2.93. The van der Waals surface area contributed by atoms with Crippen molar-refractivity contribution in [3.63, 3.8) is 0 Å². The quantitative estimate of drug-likeness (QED) is 0.383. The van der Waals surface area contributed by atoms with E-state index in [1.165, 1.54) is 0 Å². The number of rotatable bonds is 6. The summed E-state index contributed by atoms with van der Waals surface area (Å²) in [5.41, 5.74) is 3.06. The molecule has 0 aliphatic carbocycles. The molecule has 0 atom stereocenters. The highest BCUT2D eigenvalue weighted by atomic mass is 35.5. The standard InChI is InChI=1S/C27H23Cl2N5O3/c1-37-20-5-2-17(3-6-20)15-31-27-32-24-16-33(25(35)18-4-7-22(28)23(29)14-18)13-10-21(24)26(36)34(27)19-8-11-30-12-9-19/h2-9,11-12,14H,10,13,15-16H2,1H3,(H,31,32). The van der Waals surface area contributed by atoms with Gasteiger partial charge in [-0.15, -0.1) is 0 Å². The van der Waals surface area contributed by atoms with E-state index in [2.05, 4.69) is 10.3 Å². The van der Waals surface area contributed by atoms with E-state index in [0.717, 1.165) is 11.3 Å². The van der Waals surface area contributed by atoms with Gasteiger partial charge in [0.05, 0.1) is 35.1 Å². The maximum atomic E-state index is 13.7. The number of carbonyl (C=O) groups excluding carboxylic acids is 1. The SMILES string of the molecule is COc1ccc(CNc2nc3c(c(=O)n2-c2ccncc2)CCN(C(=O)c2ccc(Cl)c(Cl)c2)C3)cc1. The second kappa shape index (κ2) is 10.6. The van der Waals surface area contributed by atoms with Gasteiger partial charge in [-0.3, -0.25) is 14.6 Å². The first-order valence-corrected chi connectivity index (χ1v) is 12.4. The second-order valence-corrected chi connectivity index (χ2v) is 9.33. The number of fused-ring (bicyclic) bond motifs is 1. The smallest absolute Gasteiger partial charge is 0.263 e. The van der Waals surface area contributed by atoms with Crippen molar-refractivity contribution in [1.82, 2.24) is 19.4 Å². The predicted octanol–water partition coefficient (Wildman–Crippen LogP) is 4.75. The van der Waals surface area contributed by atoms with Crippen LogP contribution in [0.2, 0.25) is 10.0 Å². The van der Waals surface area contributed by atoms with Crippen molar-refractivity contribution >= 4 is 35.1 Å². The van der Waals surface area contributed by atoms with E-state index >= 15 is 0 Å². The minimum Gasteiger partial charge on any atom is -0.497 e. The Hall–Kier alpha value is -3.88. The fourth-order valence-corrected chi connectivity index (χ4v) is 4.55. The lowest BCUT2D eigenvalue weighted by molar-refractivity contribution is 0.0731. The van der Waals surface area contributed by atoms with Crippen LogP contribution in [0, 0.1) is 0 Å². The lowest BCUT2D eigenvalue weighted by atomic mass is 10.0. The maximum absolute atomic E-state index is 13.7. The third kappa shape index (κ3) is 5.16. The van der Waals surface area contributed by atoms with Crippen molar-refractivity contribution in [3.8, 4) is 11.4 Å². The Morgan fingerprint density at radius 1 is 1.05 bits per heavy atom. The molecule has 188 valence electrons. The number of halogens is 2. The molecule has 0 fully saturated rings. The van der Waals surface area contributed by atoms with Gasteiger partial charge in [0.2, 0.25) is 5.95 Å². The van der Waals surface area contributed by atoms with E-state index in [0.29, 0.717) is 58.0 Å². The minimum atomic E-state index is -0.197. The van der Waals surface area contributed by atoms with Gasteiger partial charge < -0.3 is 15.0 Å². The molecule has 5 rings (SSSR count). The zero-order chi connectivity index (χ0) is 25.9. The Labute approximate surface area is 223 Å². The van der Waals surface area contributed by atoms with Crippen LogP contribution >= 0.6 is 23.2 Å². The summed E-state index contributed by atoms with van der Waals surface area (Å²) in [6.07, 6.45) is 3.65. The molecule has 0 saturated heterocycles. The van der Waals surface area contributed by atoms with Gasteiger partial charge >= 0.3 is 0 Å². The Morgan fingerprint density at radius 3 is 2.51 bits per heavy atom. The molecule has 0 saturated carbocycles. The molecule has 2 aromatic heterocycles. The summed E-state index contributed by atoms with van der Waals surface area (Å²) >= 11 is 12.1. The second-order valence-electron chi connectivity index (χ2n) is 8.51. The summed E-state index contributed by atoms with van der Waals surface area (Å²) in [5, 5.41) is 4.00. The lowest BCUT2D eigenvalue weighted by Crippen LogP contribution is -2.40. The van der Waals surface area contributed by atoms with E-state index < -0.39 is 0 Å². The number of nitrogens with zero attached hydrogens (tertiary/aromatic N) is 4. The van der Waals surface area contributed by atoms with Crippen molar-refractivity contribution in [1.29, 1.82) is 0 Å². The van der Waals surface area contributed by atoms with Gasteiger partial charge in [0, 0.05) is 36.6 Å². The monoisotopic (exact) mass is 535 g/mol. The van der Waals surface area contributed by atoms with Crippen LogP contribution in [-0.4, -0.2) is 39.0 Å². The minimum absolute atomic E-state index is 0.171. The molecule has 2 aromatic carbocycles. The molecular formula is C27H23Cl2N5O3. The van der Waals surface area contributed by atoms with Crippen LogP contribution in [0.5, 0.6) is 5.75 Å². The summed E-state index contributed by atoms with van der Waals surface area (Å²) in [6.45, 7) is 1.03. The first kappa shape index (κ1) is 24.8. The topological polar surface area (TPSA) is 89.3 Å². The van der Waals surface area contributed by atoms with Crippen molar-refractivity contribution in [2.45, 2.75) is 19.5 Å². The number of methoxy groups -OCH3 is 1. The van der Waals surface area contributed by atoms with Crippen LogP contribution in [0.1, 0.15) is 27.2 Å². The van der Waals surface area contributed by atoms with E-state index in [4.69, 9.17) is 32.9 Å². The first-order chi connectivity index (χ1) is 17.9. The number of carbonyl (C=O) groups is 1. The van der Waals surface area contributed by atoms with Crippen LogP contribution < -0.4 is 15.6 Å². The summed E-state index contributed by atoms with van der Waals surface area (Å²) in [6, 6.07) is 15.9. The molecule has 0 radical (unpaired) electrons. The van der Waals surface area contributed by atoms with Crippen LogP contribution in [0.3, 0.4) is 0 Å². The number of anilines is 1. The Morgan fingerprint density at radius 2 is 1.81 bits per heavy atom. The molecule has 37 heavy (non-hydrogen) atoms. The van der Waals surface area contributed by atoms with Crippen molar-refractivity contribution < 1.29 is 9.53 Å². The van der Waals surface area contributed by atoms with Crippen LogP contribution in [0.15, 0.2) is 71.8 Å². The van der Waals surface area contributed by atoms with E-state index in [-0.39, 0.29) is 18.0 Å². The number of ether oxygens (including phenoxy) is 1. The van der Waals surface area contributed by atoms with E-state index in [1.807, 2.05) is 24.3 Å². The van der Waals surface area contributed by atoms with Gasteiger partial charge in [-0.2, -0.15) is 0 Å². The van der Waals surface area contributed by atoms with Crippen LogP contribution in [0.25, 0.3) is 5.69 Å². The first-order valence-electron chi connectivity index (χ1n) is 11.6. The number of aromatic nitrogens is 3. The molecule has 0 bridgehead atoms. The summed E-state index contributed by atoms with van der Waals surface area (Å²) in [7, 11) is 1.62. The Bertz CT molecular complexity index is 1510. The fourth-order valence-electron chi connectivity index (χ4n) is 4.25. The molecule has 8 nitrogen and oxygen atoms in total. The molecule has 1 aliphatic rings. The van der Waals surface area contributed by atoms with Crippen LogP contribution in [-0.2, 0) is 19.5 Å². The zero-order valence-electron chi connectivity index (χ0n) is 19.9. The molecule has 3 heterocycles. The van der Waals surface area contributed by atoms with Gasteiger partial charge in [0.1, 0.15) is 5.75 Å². The number of hydrogen-bond donors (Lipinski definition) is 1. The lowest BCUT2D eigenvalue weighted by Gasteiger charge is -2.29. The molecule has 1 amide bonds. The summed E-state index contributed by atoms with van der Waals surface area (Å²) in [5.74, 6) is 0.947. The van der Waals surface area contributed by atoms with Gasteiger partial charge in [-0.1, -0.05) is 35.3 Å². The van der Waals surface area contributed by atoms with Gasteiger partial charge in [-0.05, 0) is 54.4 Å². The molecular weight excluding hydrogens is 513 g/mol. The zero-order valence-corrected chi connectivity index (χ0v) is 21.5. The molecule has 0 spiro atoms. The summed E-state index contributed by atoms with van der Waals surface area (Å²) in [4.78, 5) is 37.4. The fraction of sp³-hybridized carbons (Fsp3) is 0.185. The third-order valence-corrected chi connectivity index (χ3v) is 6.96. The average molecular weight is 536 g/mol. The van der Waals surface area contributed by atoms with E-state index in [1.54, 1.807) is 59.3 Å². The molecule has 0 unspecified atom stereocenters. The predicted molar refractivity (Wildman–Crippen MR) is 143 cm³/mol. The van der Waals surface area contributed by atoms with Crippen molar-refractivity contribution in [2.75, 3.05) is 19.0 Å². The Balaban J connectivity index is 1.48. The highest BCUT2D eigenvalue weighted by molar-refractivity contribution is 6.42. The van der Waals surface area contributed by atoms with Gasteiger partial charge in [-0.25, -0.2) is 9.55 Å². The van der Waals surface area contributed by atoms with Crippen LogP contribution in [0.4, 0.5) is 5.95 Å². The largest absolute Gasteiger partial charge is 0.497 e. The highest BCUT2D eigenvalue weighted by Gasteiger charge is 2.27.